The monoisotopic (exact) mass is 167 g/mol. The van der Waals surface area contributed by atoms with Crippen molar-refractivity contribution < 1.29 is 4.90 Å². The fourth-order valence-electron chi connectivity index (χ4n) is 1.71. The van der Waals surface area contributed by atoms with Gasteiger partial charge in [-0.1, -0.05) is 5.21 Å². The Hall–Kier alpha value is -0.970. The van der Waals surface area contributed by atoms with Crippen LogP contribution in [0.5, 0.6) is 0 Å². The van der Waals surface area contributed by atoms with Crippen LogP contribution < -0.4 is 4.90 Å². The highest BCUT2D eigenvalue weighted by Crippen LogP contribution is 2.16. The molecule has 2 rings (SSSR count). The second-order valence-electron chi connectivity index (χ2n) is 3.31. The van der Waals surface area contributed by atoms with Crippen LogP contribution in [0.1, 0.15) is 24.6 Å². The van der Waals surface area contributed by atoms with Crippen LogP contribution in [0.15, 0.2) is 0 Å². The van der Waals surface area contributed by atoms with E-state index in [1.807, 2.05) is 0 Å². The molecule has 2 unspecified atom stereocenters. The van der Waals surface area contributed by atoms with E-state index in [1.165, 1.54) is 17.7 Å². The molecule has 1 aliphatic rings. The van der Waals surface area contributed by atoms with Gasteiger partial charge in [0.1, 0.15) is 0 Å². The van der Waals surface area contributed by atoms with Gasteiger partial charge < -0.3 is 4.90 Å². The number of piperidine rings is 1. The van der Waals surface area contributed by atoms with Crippen LogP contribution in [0.3, 0.4) is 0 Å². The first kappa shape index (κ1) is 7.67. The molecular weight excluding hydrogens is 154 g/mol. The molecule has 0 amide bonds. The van der Waals surface area contributed by atoms with Crippen molar-refractivity contribution in [2.45, 2.75) is 18.8 Å². The zero-order valence-electron chi connectivity index (χ0n) is 6.95. The Bertz CT molecular complexity index is 232. The zero-order valence-corrected chi connectivity index (χ0v) is 6.95. The summed E-state index contributed by atoms with van der Waals surface area (Å²) in [4.78, 5) is 1.32. The summed E-state index contributed by atoms with van der Waals surface area (Å²) in [6.45, 7) is 2.19. The lowest BCUT2D eigenvalue weighted by Gasteiger charge is -2.29. The highest BCUT2D eigenvalue weighted by atomic mass is 15.5. The second kappa shape index (κ2) is 3.18. The largest absolute Gasteiger partial charge is 0.467 e. The van der Waals surface area contributed by atoms with Gasteiger partial charge >= 0.3 is 0 Å². The fraction of sp³-hybridized carbons (Fsp3) is 0.714. The van der Waals surface area contributed by atoms with Crippen LogP contribution >= 0.6 is 0 Å². The van der Waals surface area contributed by atoms with Crippen molar-refractivity contribution in [2.24, 2.45) is 0 Å². The van der Waals surface area contributed by atoms with Gasteiger partial charge in [0.25, 0.3) is 0 Å². The molecule has 0 saturated carbocycles. The van der Waals surface area contributed by atoms with Crippen molar-refractivity contribution in [2.75, 3.05) is 13.1 Å². The Labute approximate surface area is 71.1 Å². The third kappa shape index (κ3) is 1.45. The zero-order chi connectivity index (χ0) is 8.39. The third-order valence-electron chi connectivity index (χ3n) is 2.34. The van der Waals surface area contributed by atoms with Gasteiger partial charge in [-0.2, -0.15) is 12.3 Å². The summed E-state index contributed by atoms with van der Waals surface area (Å²) < 4.78 is 0. The summed E-state index contributed by atoms with van der Waals surface area (Å²) in [5.41, 5.74) is 0. The van der Waals surface area contributed by atoms with Crippen molar-refractivity contribution in [3.63, 3.8) is 0 Å². The van der Waals surface area contributed by atoms with E-state index in [1.54, 1.807) is 0 Å². The molecule has 2 N–H and O–H groups in total. The Morgan fingerprint density at radius 1 is 1.58 bits per heavy atom. The number of H-pyrrole nitrogens is 1. The number of nitrogens with one attached hydrogen (secondary N) is 2. The molecule has 0 aliphatic carbocycles. The van der Waals surface area contributed by atoms with E-state index in [0.29, 0.717) is 5.92 Å². The van der Waals surface area contributed by atoms with E-state index < -0.39 is 0 Å². The van der Waals surface area contributed by atoms with Gasteiger partial charge in [0.05, 0.1) is 19.0 Å². The number of hydrogen-bond donors (Lipinski definition) is 2. The molecule has 66 valence electrons. The van der Waals surface area contributed by atoms with Crippen LogP contribution in [0.4, 0.5) is 0 Å². The van der Waals surface area contributed by atoms with E-state index in [0.717, 1.165) is 18.9 Å². The van der Waals surface area contributed by atoms with Crippen molar-refractivity contribution in [3.05, 3.63) is 12.9 Å². The predicted octanol–water partition coefficient (Wildman–Crippen LogP) is -1.25. The minimum atomic E-state index is 0.449. The maximum absolute atomic E-state index is 3.99. The molecule has 2 atom stereocenters. The van der Waals surface area contributed by atoms with Crippen molar-refractivity contribution in [1.29, 1.82) is 0 Å². The quantitative estimate of drug-likeness (QED) is 0.514. The van der Waals surface area contributed by atoms with Gasteiger partial charge in [-0.3, -0.25) is 0 Å². The standard InChI is InChI=1S/C7H13N5/c1-12-4-2-3-6(5-12)7-8-10-11-9-7/h6,12H,1-5H2,(H,8,9,10,11). The van der Waals surface area contributed by atoms with E-state index >= 15 is 0 Å². The minimum Gasteiger partial charge on any atom is -0.467 e. The van der Waals surface area contributed by atoms with Gasteiger partial charge in [-0.15, -0.1) is 10.2 Å². The Morgan fingerprint density at radius 2 is 2.50 bits per heavy atom. The molecule has 1 fully saturated rings. The summed E-state index contributed by atoms with van der Waals surface area (Å²) in [5.74, 6) is 1.29. The van der Waals surface area contributed by atoms with Crippen LogP contribution in [0.25, 0.3) is 0 Å². The number of aromatic nitrogens is 4. The normalized spacial score (nSPS) is 30.4. The second-order valence-corrected chi connectivity index (χ2v) is 3.31. The average molecular weight is 167 g/mol. The Balaban J connectivity index is 2.04. The maximum atomic E-state index is 3.99. The van der Waals surface area contributed by atoms with Crippen molar-refractivity contribution in [1.82, 2.24) is 20.6 Å². The highest BCUT2D eigenvalue weighted by molar-refractivity contribution is 4.91. The number of likely N-dealkylation sites (tertiary alicyclic amines) is 1. The Morgan fingerprint density at radius 3 is 3.17 bits per heavy atom. The Kier molecular flexibility index (Phi) is 2.03. The van der Waals surface area contributed by atoms with Crippen LogP contribution in [-0.2, 0) is 0 Å². The summed E-state index contributed by atoms with van der Waals surface area (Å²) in [6.07, 6.45) is 2.37. The molecule has 1 aromatic heterocycles. The molecule has 0 aromatic carbocycles. The van der Waals surface area contributed by atoms with Gasteiger partial charge in [0.2, 0.25) is 0 Å². The molecule has 5 heteroatoms. The average Bonchev–Trinajstić information content (AvgIpc) is 2.56. The molecule has 0 radical (unpaired) electrons. The topological polar surface area (TPSA) is 58.9 Å². The molecule has 2 heterocycles. The van der Waals surface area contributed by atoms with E-state index in [9.17, 15) is 0 Å². The lowest BCUT2D eigenvalue weighted by atomic mass is 9.98. The lowest BCUT2D eigenvalue weighted by Crippen LogP contribution is -3.08. The summed E-state index contributed by atoms with van der Waals surface area (Å²) in [7, 11) is 3.99. The van der Waals surface area contributed by atoms with Gasteiger partial charge in [0, 0.05) is 0 Å². The van der Waals surface area contributed by atoms with E-state index in [2.05, 4.69) is 27.7 Å². The van der Waals surface area contributed by atoms with Crippen LogP contribution in [0, 0.1) is 7.05 Å². The molecule has 1 aliphatic heterocycles. The number of aromatic amines is 1. The molecule has 12 heavy (non-hydrogen) atoms. The highest BCUT2D eigenvalue weighted by Gasteiger charge is 2.22. The maximum Gasteiger partial charge on any atom is 0.183 e. The van der Waals surface area contributed by atoms with Gasteiger partial charge in [0.15, 0.2) is 5.82 Å². The van der Waals surface area contributed by atoms with E-state index in [4.69, 9.17) is 0 Å². The van der Waals surface area contributed by atoms with Crippen LogP contribution in [-0.4, -0.2) is 33.7 Å². The van der Waals surface area contributed by atoms with E-state index in [-0.39, 0.29) is 0 Å². The predicted molar refractivity (Wildman–Crippen MR) is 42.2 cm³/mol. The molecule has 1 aromatic rings. The number of nitrogens with zero attached hydrogens (tertiary/aromatic N) is 3. The summed E-state index contributed by atoms with van der Waals surface area (Å²) in [6, 6.07) is 0. The molecule has 5 nitrogen and oxygen atoms in total. The van der Waals surface area contributed by atoms with Gasteiger partial charge in [-0.25, -0.2) is 0 Å². The minimum absolute atomic E-state index is 0.449. The molecule has 0 bridgehead atoms. The van der Waals surface area contributed by atoms with Crippen molar-refractivity contribution in [3.8, 4) is 0 Å². The number of hydrogen-bond acceptors (Lipinski definition) is 3. The molecule has 1 saturated heterocycles. The van der Waals surface area contributed by atoms with Gasteiger partial charge in [-0.05, 0) is 12.8 Å². The summed E-state index contributed by atoms with van der Waals surface area (Å²) in [5, 5.41) is 14.0. The first-order valence-corrected chi connectivity index (χ1v) is 4.26. The first-order valence-electron chi connectivity index (χ1n) is 4.26. The number of rotatable bonds is 1. The summed E-state index contributed by atoms with van der Waals surface area (Å²) >= 11 is 0. The number of tetrazole rings is 1. The fourth-order valence-corrected chi connectivity index (χ4v) is 1.71. The van der Waals surface area contributed by atoms with Crippen LogP contribution in [0.2, 0.25) is 0 Å². The SMILES string of the molecule is [CH2-][NH+]1CCCC(c2nn[nH]n2)C1. The lowest BCUT2D eigenvalue weighted by molar-refractivity contribution is -0.860. The first-order chi connectivity index (χ1) is 5.86. The van der Waals surface area contributed by atoms with Crippen molar-refractivity contribution >= 4 is 0 Å². The molecular formula is C7H13N5. The smallest absolute Gasteiger partial charge is 0.183 e. The molecule has 0 spiro atoms. The third-order valence-corrected chi connectivity index (χ3v) is 2.34. The number of quaternary nitrogens is 1.